The fourth-order valence-electron chi connectivity index (χ4n) is 0.999. The van der Waals surface area contributed by atoms with Crippen LogP contribution in [0.1, 0.15) is 0 Å². The Balaban J connectivity index is 2.20. The summed E-state index contributed by atoms with van der Waals surface area (Å²) in [6.07, 6.45) is 2.98. The van der Waals surface area contributed by atoms with Crippen LogP contribution in [0.25, 0.3) is 0 Å². The van der Waals surface area contributed by atoms with Crippen molar-refractivity contribution in [3.63, 3.8) is 0 Å². The van der Waals surface area contributed by atoms with E-state index in [9.17, 15) is 8.78 Å². The van der Waals surface area contributed by atoms with Crippen molar-refractivity contribution in [1.29, 1.82) is 0 Å². The minimum Gasteiger partial charge on any atom is -0.424 e. The van der Waals surface area contributed by atoms with Crippen LogP contribution in [0.2, 0.25) is 0 Å². The zero-order valence-corrected chi connectivity index (χ0v) is 9.41. The molecule has 2 rings (SSSR count). The Labute approximate surface area is 98.2 Å². The molecule has 0 amide bonds. The third-order valence-corrected chi connectivity index (χ3v) is 2.11. The molecule has 2 aromatic rings. The van der Waals surface area contributed by atoms with Crippen molar-refractivity contribution in [3.05, 3.63) is 46.7 Å². The van der Waals surface area contributed by atoms with E-state index in [-0.39, 0.29) is 11.8 Å². The predicted octanol–water partition coefficient (Wildman–Crippen LogP) is 3.31. The van der Waals surface area contributed by atoms with Crippen LogP contribution in [0.4, 0.5) is 8.78 Å². The average molecular weight is 287 g/mol. The number of rotatable bonds is 2. The quantitative estimate of drug-likeness (QED) is 0.850. The Kier molecular flexibility index (Phi) is 3.09. The van der Waals surface area contributed by atoms with Crippen LogP contribution in [0.5, 0.6) is 11.8 Å². The molecular weight excluding hydrogens is 282 g/mol. The number of hydrogen-bond donors (Lipinski definition) is 0. The third-order valence-electron chi connectivity index (χ3n) is 1.70. The normalized spacial score (nSPS) is 10.2. The second-order valence-corrected chi connectivity index (χ2v) is 3.78. The summed E-state index contributed by atoms with van der Waals surface area (Å²) >= 11 is 3.16. The summed E-state index contributed by atoms with van der Waals surface area (Å²) in [4.78, 5) is 7.66. The lowest BCUT2D eigenvalue weighted by Crippen LogP contribution is -1.92. The third kappa shape index (κ3) is 2.52. The number of benzene rings is 1. The summed E-state index contributed by atoms with van der Waals surface area (Å²) in [6.45, 7) is 0. The molecule has 0 spiro atoms. The van der Waals surface area contributed by atoms with Crippen molar-refractivity contribution < 1.29 is 13.5 Å². The molecule has 0 bridgehead atoms. The van der Waals surface area contributed by atoms with E-state index in [1.165, 1.54) is 18.5 Å². The molecule has 1 aromatic carbocycles. The fourth-order valence-corrected chi connectivity index (χ4v) is 1.20. The van der Waals surface area contributed by atoms with Crippen molar-refractivity contribution in [1.82, 2.24) is 9.97 Å². The van der Waals surface area contributed by atoms with Crippen molar-refractivity contribution >= 4 is 15.9 Å². The number of hydrogen-bond acceptors (Lipinski definition) is 3. The van der Waals surface area contributed by atoms with E-state index >= 15 is 0 Å². The molecule has 0 unspecified atom stereocenters. The molecule has 0 aliphatic rings. The van der Waals surface area contributed by atoms with Gasteiger partial charge in [0, 0.05) is 18.5 Å². The molecule has 16 heavy (non-hydrogen) atoms. The van der Waals surface area contributed by atoms with Gasteiger partial charge >= 0.3 is 6.01 Å². The number of ether oxygens (including phenoxy) is 1. The first-order valence-electron chi connectivity index (χ1n) is 4.25. The zero-order chi connectivity index (χ0) is 11.5. The average Bonchev–Trinajstić information content (AvgIpc) is 2.27. The van der Waals surface area contributed by atoms with E-state index in [4.69, 9.17) is 4.74 Å². The zero-order valence-electron chi connectivity index (χ0n) is 7.82. The van der Waals surface area contributed by atoms with Gasteiger partial charge in [0.2, 0.25) is 0 Å². The molecule has 6 heteroatoms. The number of aromatic nitrogens is 2. The molecule has 0 aliphatic carbocycles. The highest BCUT2D eigenvalue weighted by Crippen LogP contribution is 2.20. The van der Waals surface area contributed by atoms with Gasteiger partial charge in [0.05, 0.1) is 4.47 Å². The summed E-state index contributed by atoms with van der Waals surface area (Å²) < 4.78 is 31.3. The van der Waals surface area contributed by atoms with Crippen molar-refractivity contribution in [2.24, 2.45) is 0 Å². The second-order valence-electron chi connectivity index (χ2n) is 2.86. The summed E-state index contributed by atoms with van der Waals surface area (Å²) in [5.41, 5.74) is 0. The molecule has 0 saturated carbocycles. The molecule has 0 N–H and O–H groups in total. The van der Waals surface area contributed by atoms with Gasteiger partial charge in [-0.1, -0.05) is 0 Å². The maximum absolute atomic E-state index is 12.8. The van der Waals surface area contributed by atoms with E-state index in [0.29, 0.717) is 4.47 Å². The maximum Gasteiger partial charge on any atom is 0.321 e. The predicted molar refractivity (Wildman–Crippen MR) is 56.2 cm³/mol. The SMILES string of the molecule is Fc1ccc(Oc2ncc(Br)cn2)cc1F. The Morgan fingerprint density at radius 3 is 2.38 bits per heavy atom. The Morgan fingerprint density at radius 1 is 1.06 bits per heavy atom. The van der Waals surface area contributed by atoms with Crippen LogP contribution in [-0.4, -0.2) is 9.97 Å². The van der Waals surface area contributed by atoms with Crippen molar-refractivity contribution in [2.75, 3.05) is 0 Å². The van der Waals surface area contributed by atoms with Crippen LogP contribution in [-0.2, 0) is 0 Å². The summed E-state index contributed by atoms with van der Waals surface area (Å²) in [5, 5.41) is 0. The van der Waals surface area contributed by atoms with E-state index in [1.807, 2.05) is 0 Å². The molecule has 0 saturated heterocycles. The van der Waals surface area contributed by atoms with Crippen LogP contribution in [0.3, 0.4) is 0 Å². The van der Waals surface area contributed by atoms with Gasteiger partial charge in [0.25, 0.3) is 0 Å². The molecule has 0 aliphatic heterocycles. The van der Waals surface area contributed by atoms with E-state index in [0.717, 1.165) is 12.1 Å². The van der Waals surface area contributed by atoms with Gasteiger partial charge in [-0.3, -0.25) is 0 Å². The monoisotopic (exact) mass is 286 g/mol. The highest BCUT2D eigenvalue weighted by atomic mass is 79.9. The molecule has 1 heterocycles. The Hall–Kier alpha value is -1.56. The van der Waals surface area contributed by atoms with Gasteiger partial charge in [-0.05, 0) is 28.1 Å². The molecule has 0 atom stereocenters. The fraction of sp³-hybridized carbons (Fsp3) is 0. The molecule has 0 radical (unpaired) electrons. The lowest BCUT2D eigenvalue weighted by Gasteiger charge is -2.03. The van der Waals surface area contributed by atoms with Gasteiger partial charge in [-0.2, -0.15) is 0 Å². The van der Waals surface area contributed by atoms with Gasteiger partial charge in [-0.25, -0.2) is 18.7 Å². The molecule has 3 nitrogen and oxygen atoms in total. The van der Waals surface area contributed by atoms with Crippen LogP contribution < -0.4 is 4.74 Å². The first-order valence-corrected chi connectivity index (χ1v) is 5.05. The van der Waals surface area contributed by atoms with Crippen LogP contribution in [0.15, 0.2) is 35.1 Å². The van der Waals surface area contributed by atoms with E-state index in [1.54, 1.807) is 0 Å². The Morgan fingerprint density at radius 2 is 1.75 bits per heavy atom. The van der Waals surface area contributed by atoms with E-state index in [2.05, 4.69) is 25.9 Å². The van der Waals surface area contributed by atoms with Gasteiger partial charge < -0.3 is 4.74 Å². The minimum absolute atomic E-state index is 0.0641. The van der Waals surface area contributed by atoms with Crippen molar-refractivity contribution in [2.45, 2.75) is 0 Å². The standard InChI is InChI=1S/C10H5BrF2N2O/c11-6-4-14-10(15-5-6)16-7-1-2-8(12)9(13)3-7/h1-5H. The number of nitrogens with zero attached hydrogens (tertiary/aromatic N) is 2. The largest absolute Gasteiger partial charge is 0.424 e. The minimum atomic E-state index is -0.977. The first kappa shape index (κ1) is 10.9. The summed E-state index contributed by atoms with van der Waals surface area (Å²) in [5.74, 6) is -1.76. The summed E-state index contributed by atoms with van der Waals surface area (Å²) in [6, 6.07) is 3.27. The van der Waals surface area contributed by atoms with Crippen LogP contribution in [0, 0.1) is 11.6 Å². The highest BCUT2D eigenvalue weighted by Gasteiger charge is 2.05. The number of halogens is 3. The van der Waals surface area contributed by atoms with Gasteiger partial charge in [-0.15, -0.1) is 0 Å². The van der Waals surface area contributed by atoms with E-state index < -0.39 is 11.6 Å². The molecule has 1 aromatic heterocycles. The summed E-state index contributed by atoms with van der Waals surface area (Å²) in [7, 11) is 0. The Bertz CT molecular complexity index is 505. The second kappa shape index (κ2) is 4.52. The smallest absolute Gasteiger partial charge is 0.321 e. The van der Waals surface area contributed by atoms with Gasteiger partial charge in [0.15, 0.2) is 11.6 Å². The molecular formula is C10H5BrF2N2O. The molecule has 82 valence electrons. The lowest BCUT2D eigenvalue weighted by molar-refractivity contribution is 0.430. The topological polar surface area (TPSA) is 35.0 Å². The highest BCUT2D eigenvalue weighted by molar-refractivity contribution is 9.10. The van der Waals surface area contributed by atoms with Crippen LogP contribution >= 0.6 is 15.9 Å². The maximum atomic E-state index is 12.8. The van der Waals surface area contributed by atoms with Gasteiger partial charge in [0.1, 0.15) is 5.75 Å². The lowest BCUT2D eigenvalue weighted by atomic mass is 10.3. The molecule has 0 fully saturated rings. The van der Waals surface area contributed by atoms with Crippen molar-refractivity contribution in [3.8, 4) is 11.8 Å². The first-order chi connectivity index (χ1) is 7.65.